The summed E-state index contributed by atoms with van der Waals surface area (Å²) in [5.41, 5.74) is 5.06. The number of halogens is 3. The smallest absolute Gasteiger partial charge is 0.382 e. The number of nitrogens with two attached hydrogens (primary N) is 1. The zero-order valence-corrected chi connectivity index (χ0v) is 6.93. The Hall–Kier alpha value is -0.820. The molecule has 0 radical (unpaired) electrons. The van der Waals surface area contributed by atoms with Gasteiger partial charge in [-0.3, -0.25) is 4.79 Å². The third kappa shape index (κ3) is 4.69. The second kappa shape index (κ2) is 4.43. The van der Waals surface area contributed by atoms with Crippen LogP contribution >= 0.6 is 0 Å². The molecule has 0 aliphatic heterocycles. The first-order valence-corrected chi connectivity index (χ1v) is 3.53. The molecule has 78 valence electrons. The van der Waals surface area contributed by atoms with Gasteiger partial charge >= 0.3 is 6.18 Å². The highest BCUT2D eigenvalue weighted by Gasteiger charge is 2.38. The fourth-order valence-corrected chi connectivity index (χ4v) is 0.474. The Balaban J connectivity index is 3.84. The van der Waals surface area contributed by atoms with Crippen LogP contribution in [0.25, 0.3) is 0 Å². The summed E-state index contributed by atoms with van der Waals surface area (Å²) in [5.74, 6) is -0.733. The lowest BCUT2D eigenvalue weighted by Gasteiger charge is -2.15. The van der Waals surface area contributed by atoms with Crippen LogP contribution in [0.5, 0.6) is 0 Å². The van der Waals surface area contributed by atoms with E-state index in [1.165, 1.54) is 6.92 Å². The molecule has 0 aliphatic carbocycles. The van der Waals surface area contributed by atoms with Crippen molar-refractivity contribution in [1.82, 2.24) is 5.32 Å². The van der Waals surface area contributed by atoms with Crippen LogP contribution in [-0.4, -0.2) is 35.9 Å². The molecule has 0 saturated heterocycles. The monoisotopic (exact) mass is 200 g/mol. The number of alkyl halides is 3. The highest BCUT2D eigenvalue weighted by molar-refractivity contribution is 5.80. The summed E-state index contributed by atoms with van der Waals surface area (Å²) in [4.78, 5) is 10.7. The third-order valence-corrected chi connectivity index (χ3v) is 1.26. The molecule has 0 heterocycles. The van der Waals surface area contributed by atoms with E-state index < -0.39 is 30.8 Å². The van der Waals surface area contributed by atoms with Crippen molar-refractivity contribution in [2.45, 2.75) is 25.2 Å². The van der Waals surface area contributed by atoms with Crippen LogP contribution < -0.4 is 11.1 Å². The lowest BCUT2D eigenvalue weighted by molar-refractivity contribution is -0.201. The topological polar surface area (TPSA) is 75.4 Å². The molecule has 0 aromatic heterocycles. The minimum absolute atomic E-state index is 0.733. The minimum atomic E-state index is -4.72. The van der Waals surface area contributed by atoms with E-state index in [9.17, 15) is 18.0 Å². The first-order chi connectivity index (χ1) is 5.75. The maximum absolute atomic E-state index is 11.7. The van der Waals surface area contributed by atoms with Crippen molar-refractivity contribution in [3.8, 4) is 0 Å². The van der Waals surface area contributed by atoms with Crippen molar-refractivity contribution in [3.05, 3.63) is 0 Å². The molecule has 0 aliphatic rings. The van der Waals surface area contributed by atoms with E-state index in [4.69, 9.17) is 10.8 Å². The molecule has 1 unspecified atom stereocenters. The molecule has 0 bridgehead atoms. The summed E-state index contributed by atoms with van der Waals surface area (Å²) in [6.07, 6.45) is -7.26. The van der Waals surface area contributed by atoms with E-state index >= 15 is 0 Å². The Morgan fingerprint density at radius 3 is 2.38 bits per heavy atom. The molecule has 0 aromatic carbocycles. The average Bonchev–Trinajstić information content (AvgIpc) is 1.97. The number of aliphatic hydroxyl groups excluding tert-OH is 1. The molecule has 7 heteroatoms. The van der Waals surface area contributed by atoms with Crippen LogP contribution in [0.15, 0.2) is 0 Å². The Kier molecular flexibility index (Phi) is 4.15. The number of carbonyl (C=O) groups is 1. The normalized spacial score (nSPS) is 16.5. The Morgan fingerprint density at radius 1 is 1.62 bits per heavy atom. The number of aliphatic hydroxyl groups is 1. The van der Waals surface area contributed by atoms with Gasteiger partial charge in [-0.1, -0.05) is 0 Å². The van der Waals surface area contributed by atoms with E-state index in [1.807, 2.05) is 5.32 Å². The number of rotatable bonds is 3. The van der Waals surface area contributed by atoms with Gasteiger partial charge in [-0.15, -0.1) is 0 Å². The molecule has 4 nitrogen and oxygen atoms in total. The first kappa shape index (κ1) is 12.2. The number of hydrogen-bond donors (Lipinski definition) is 3. The maximum atomic E-state index is 11.7. The van der Waals surface area contributed by atoms with Gasteiger partial charge < -0.3 is 16.2 Å². The molecule has 13 heavy (non-hydrogen) atoms. The average molecular weight is 200 g/mol. The van der Waals surface area contributed by atoms with Gasteiger partial charge in [0.25, 0.3) is 0 Å². The van der Waals surface area contributed by atoms with Gasteiger partial charge in [0.05, 0.1) is 12.6 Å². The summed E-state index contributed by atoms with van der Waals surface area (Å²) < 4.78 is 35.0. The Morgan fingerprint density at radius 2 is 2.08 bits per heavy atom. The second-order valence-electron chi connectivity index (χ2n) is 2.59. The second-order valence-corrected chi connectivity index (χ2v) is 2.59. The summed E-state index contributed by atoms with van der Waals surface area (Å²) in [7, 11) is 0. The van der Waals surface area contributed by atoms with Gasteiger partial charge in [-0.2, -0.15) is 13.2 Å². The molecule has 0 saturated carbocycles. The molecule has 0 spiro atoms. The fraction of sp³-hybridized carbons (Fsp3) is 0.833. The SMILES string of the molecule is C[C@@H](N)C(=O)NCC(O)C(F)(F)F. The van der Waals surface area contributed by atoms with Crippen molar-refractivity contribution < 1.29 is 23.1 Å². The molecular formula is C6H11F3N2O2. The van der Waals surface area contributed by atoms with Gasteiger partial charge in [0, 0.05) is 0 Å². The zero-order chi connectivity index (χ0) is 10.6. The summed E-state index contributed by atoms with van der Waals surface area (Å²) >= 11 is 0. The zero-order valence-electron chi connectivity index (χ0n) is 6.93. The molecule has 0 aromatic rings. The van der Waals surface area contributed by atoms with Gasteiger partial charge in [0.1, 0.15) is 0 Å². The summed E-state index contributed by atoms with van der Waals surface area (Å²) in [6.45, 7) is 0.458. The van der Waals surface area contributed by atoms with E-state index in [0.717, 1.165) is 0 Å². The van der Waals surface area contributed by atoms with Crippen molar-refractivity contribution in [1.29, 1.82) is 0 Å². The van der Waals surface area contributed by atoms with Crippen LogP contribution in [0.4, 0.5) is 13.2 Å². The van der Waals surface area contributed by atoms with Gasteiger partial charge in [-0.05, 0) is 6.92 Å². The van der Waals surface area contributed by atoms with Crippen molar-refractivity contribution in [3.63, 3.8) is 0 Å². The van der Waals surface area contributed by atoms with E-state index in [-0.39, 0.29) is 0 Å². The number of carbonyl (C=O) groups excluding carboxylic acids is 1. The summed E-state index contributed by atoms with van der Waals surface area (Å²) in [6, 6.07) is -0.888. The predicted molar refractivity (Wildman–Crippen MR) is 38.7 cm³/mol. The molecule has 0 rings (SSSR count). The number of nitrogens with one attached hydrogen (secondary N) is 1. The van der Waals surface area contributed by atoms with Crippen LogP contribution in [0.1, 0.15) is 6.92 Å². The minimum Gasteiger partial charge on any atom is -0.382 e. The fourth-order valence-electron chi connectivity index (χ4n) is 0.474. The maximum Gasteiger partial charge on any atom is 0.416 e. The highest BCUT2D eigenvalue weighted by Crippen LogP contribution is 2.18. The molecule has 1 amide bonds. The summed E-state index contributed by atoms with van der Waals surface area (Å²) in [5, 5.41) is 10.3. The standard InChI is InChI=1S/C6H11F3N2O2/c1-3(10)5(13)11-2-4(12)6(7,8)9/h3-4,12H,2,10H2,1H3,(H,11,13)/t3-,4?/m1/s1. The molecule has 4 N–H and O–H groups in total. The van der Waals surface area contributed by atoms with E-state index in [2.05, 4.69) is 0 Å². The van der Waals surface area contributed by atoms with Crippen LogP contribution in [-0.2, 0) is 4.79 Å². The quantitative estimate of drug-likeness (QED) is 0.568. The Labute approximate surface area is 72.9 Å². The Bertz CT molecular complexity index is 181. The van der Waals surface area contributed by atoms with Gasteiger partial charge in [0.2, 0.25) is 5.91 Å². The van der Waals surface area contributed by atoms with Gasteiger partial charge in [-0.25, -0.2) is 0 Å². The van der Waals surface area contributed by atoms with Gasteiger partial charge in [0.15, 0.2) is 6.10 Å². The lowest BCUT2D eigenvalue weighted by Crippen LogP contribution is -2.45. The van der Waals surface area contributed by atoms with Crippen molar-refractivity contribution in [2.75, 3.05) is 6.54 Å². The van der Waals surface area contributed by atoms with Crippen molar-refractivity contribution in [2.24, 2.45) is 5.73 Å². The number of hydrogen-bond acceptors (Lipinski definition) is 3. The van der Waals surface area contributed by atoms with Crippen LogP contribution in [0.3, 0.4) is 0 Å². The van der Waals surface area contributed by atoms with Crippen molar-refractivity contribution >= 4 is 5.91 Å². The lowest BCUT2D eigenvalue weighted by atomic mass is 10.3. The highest BCUT2D eigenvalue weighted by atomic mass is 19.4. The predicted octanol–water partition coefficient (Wildman–Crippen LogP) is -0.627. The van der Waals surface area contributed by atoms with Crippen LogP contribution in [0, 0.1) is 0 Å². The van der Waals surface area contributed by atoms with E-state index in [1.54, 1.807) is 0 Å². The number of amides is 1. The van der Waals surface area contributed by atoms with Crippen LogP contribution in [0.2, 0.25) is 0 Å². The first-order valence-electron chi connectivity index (χ1n) is 3.53. The molecule has 2 atom stereocenters. The molecule has 0 fully saturated rings. The largest absolute Gasteiger partial charge is 0.416 e. The third-order valence-electron chi connectivity index (χ3n) is 1.26. The van der Waals surface area contributed by atoms with E-state index in [0.29, 0.717) is 0 Å². The molecular weight excluding hydrogens is 189 g/mol.